The molecule has 0 unspecified atom stereocenters. The third-order valence-electron chi connectivity index (χ3n) is 3.13. The summed E-state index contributed by atoms with van der Waals surface area (Å²) in [5, 5.41) is 6.53. The molecule has 2 N–H and O–H groups in total. The number of rotatable bonds is 7. The molecule has 1 rings (SSSR count). The molecule has 0 heterocycles. The van der Waals surface area contributed by atoms with Crippen molar-refractivity contribution in [3.8, 4) is 5.75 Å². The first kappa shape index (κ1) is 21.0. The maximum absolute atomic E-state index is 5.50. The van der Waals surface area contributed by atoms with E-state index in [1.807, 2.05) is 39.0 Å². The summed E-state index contributed by atoms with van der Waals surface area (Å²) in [6.07, 6.45) is 0. The normalized spacial score (nSPS) is 11.6. The molecule has 22 heavy (non-hydrogen) atoms. The smallest absolute Gasteiger partial charge is 0.191 e. The second-order valence-electron chi connectivity index (χ2n) is 5.32. The van der Waals surface area contributed by atoms with Crippen LogP contribution in [0.4, 0.5) is 0 Å². The van der Waals surface area contributed by atoms with Crippen LogP contribution in [0.25, 0.3) is 0 Å². The van der Waals surface area contributed by atoms with Gasteiger partial charge in [0.25, 0.3) is 0 Å². The molecular formula is C16H28IN3O2. The second-order valence-corrected chi connectivity index (χ2v) is 5.32. The number of benzene rings is 1. The standard InChI is InChI=1S/C16H27N3O2.HI/c1-6-21-14-9-7-8-13(10-14)11-18-15(17-4)19-12-16(2,3)20-5;/h7-10H,6,11-12H2,1-5H3,(H2,17,18,19);1H. The molecule has 6 heteroatoms. The minimum atomic E-state index is -0.230. The van der Waals surface area contributed by atoms with E-state index in [9.17, 15) is 0 Å². The highest BCUT2D eigenvalue weighted by atomic mass is 127. The number of methoxy groups -OCH3 is 1. The van der Waals surface area contributed by atoms with Crippen molar-refractivity contribution in [3.05, 3.63) is 29.8 Å². The zero-order valence-electron chi connectivity index (χ0n) is 14.1. The molecule has 0 spiro atoms. The quantitative estimate of drug-likeness (QED) is 0.404. The van der Waals surface area contributed by atoms with Crippen LogP contribution >= 0.6 is 24.0 Å². The number of nitrogens with zero attached hydrogens (tertiary/aromatic N) is 1. The van der Waals surface area contributed by atoms with E-state index in [2.05, 4.69) is 21.7 Å². The summed E-state index contributed by atoms with van der Waals surface area (Å²) in [5.74, 6) is 1.64. The minimum Gasteiger partial charge on any atom is -0.494 e. The Hall–Kier alpha value is -1.02. The van der Waals surface area contributed by atoms with Crippen LogP contribution in [0.1, 0.15) is 26.3 Å². The van der Waals surface area contributed by atoms with E-state index in [-0.39, 0.29) is 29.6 Å². The zero-order valence-corrected chi connectivity index (χ0v) is 16.4. The average molecular weight is 421 g/mol. The Morgan fingerprint density at radius 2 is 2.00 bits per heavy atom. The van der Waals surface area contributed by atoms with Crippen LogP contribution in [0.3, 0.4) is 0 Å². The third kappa shape index (κ3) is 7.84. The lowest BCUT2D eigenvalue weighted by Crippen LogP contribution is -2.45. The molecule has 1 aromatic carbocycles. The molecule has 0 saturated heterocycles. The first-order chi connectivity index (χ1) is 10.0. The van der Waals surface area contributed by atoms with E-state index in [0.29, 0.717) is 19.7 Å². The molecule has 0 aliphatic carbocycles. The molecule has 1 aromatic rings. The van der Waals surface area contributed by atoms with Crippen molar-refractivity contribution < 1.29 is 9.47 Å². The fourth-order valence-corrected chi connectivity index (χ4v) is 1.69. The molecule has 0 saturated carbocycles. The summed E-state index contributed by atoms with van der Waals surface area (Å²) >= 11 is 0. The summed E-state index contributed by atoms with van der Waals surface area (Å²) in [5.41, 5.74) is 0.918. The molecule has 0 aromatic heterocycles. The van der Waals surface area contributed by atoms with Crippen molar-refractivity contribution in [1.29, 1.82) is 0 Å². The molecule has 0 atom stereocenters. The topological polar surface area (TPSA) is 54.9 Å². The lowest BCUT2D eigenvalue weighted by Gasteiger charge is -2.24. The Balaban J connectivity index is 0.00000441. The number of halogens is 1. The Morgan fingerprint density at radius 1 is 1.27 bits per heavy atom. The highest BCUT2D eigenvalue weighted by Crippen LogP contribution is 2.13. The van der Waals surface area contributed by atoms with Crippen LogP contribution in [0.2, 0.25) is 0 Å². The minimum absolute atomic E-state index is 0. The molecule has 0 aliphatic heterocycles. The third-order valence-corrected chi connectivity index (χ3v) is 3.13. The van der Waals surface area contributed by atoms with Crippen molar-refractivity contribution in [2.75, 3.05) is 27.3 Å². The van der Waals surface area contributed by atoms with Crippen LogP contribution in [-0.4, -0.2) is 38.9 Å². The first-order valence-corrected chi connectivity index (χ1v) is 7.22. The highest BCUT2D eigenvalue weighted by Gasteiger charge is 2.16. The van der Waals surface area contributed by atoms with Crippen molar-refractivity contribution in [2.45, 2.75) is 32.9 Å². The first-order valence-electron chi connectivity index (χ1n) is 7.22. The number of aliphatic imine (C=N–C) groups is 1. The van der Waals surface area contributed by atoms with Crippen molar-refractivity contribution in [1.82, 2.24) is 10.6 Å². The largest absolute Gasteiger partial charge is 0.494 e. The number of nitrogens with one attached hydrogen (secondary N) is 2. The van der Waals surface area contributed by atoms with Crippen molar-refractivity contribution >= 4 is 29.9 Å². The summed E-state index contributed by atoms with van der Waals surface area (Å²) in [4.78, 5) is 4.21. The van der Waals surface area contributed by atoms with Gasteiger partial charge in [0.15, 0.2) is 5.96 Å². The molecule has 0 aliphatic rings. The van der Waals surface area contributed by atoms with Gasteiger partial charge in [-0.15, -0.1) is 24.0 Å². The molecule has 0 amide bonds. The average Bonchev–Trinajstić information content (AvgIpc) is 2.48. The van der Waals surface area contributed by atoms with E-state index in [0.717, 1.165) is 17.3 Å². The van der Waals surface area contributed by atoms with Crippen molar-refractivity contribution in [3.63, 3.8) is 0 Å². The fraction of sp³-hybridized carbons (Fsp3) is 0.562. The maximum atomic E-state index is 5.50. The van der Waals surface area contributed by atoms with Crippen molar-refractivity contribution in [2.24, 2.45) is 4.99 Å². The van der Waals surface area contributed by atoms with E-state index in [4.69, 9.17) is 9.47 Å². The van der Waals surface area contributed by atoms with E-state index in [1.165, 1.54) is 0 Å². The van der Waals surface area contributed by atoms with Crippen LogP contribution in [0, 0.1) is 0 Å². The number of guanidine groups is 1. The van der Waals surface area contributed by atoms with Crippen LogP contribution < -0.4 is 15.4 Å². The molecule has 0 fully saturated rings. The molecule has 0 radical (unpaired) electrons. The predicted molar refractivity (Wildman–Crippen MR) is 102 cm³/mol. The Bertz CT molecular complexity index is 464. The van der Waals surface area contributed by atoms with Gasteiger partial charge in [0, 0.05) is 27.2 Å². The Morgan fingerprint density at radius 3 is 2.59 bits per heavy atom. The molecule has 126 valence electrons. The Kier molecular flexibility index (Phi) is 10.2. The van der Waals surface area contributed by atoms with Gasteiger partial charge in [-0.2, -0.15) is 0 Å². The van der Waals surface area contributed by atoms with Gasteiger partial charge in [0.05, 0.1) is 12.2 Å². The monoisotopic (exact) mass is 421 g/mol. The summed E-state index contributed by atoms with van der Waals surface area (Å²) in [6.45, 7) is 8.08. The van der Waals surface area contributed by atoms with E-state index in [1.54, 1.807) is 14.2 Å². The summed E-state index contributed by atoms with van der Waals surface area (Å²) in [6, 6.07) is 8.04. The lowest BCUT2D eigenvalue weighted by atomic mass is 10.1. The van der Waals surface area contributed by atoms with Gasteiger partial charge < -0.3 is 20.1 Å². The van der Waals surface area contributed by atoms with Gasteiger partial charge in [-0.05, 0) is 38.5 Å². The van der Waals surface area contributed by atoms with Gasteiger partial charge >= 0.3 is 0 Å². The summed E-state index contributed by atoms with van der Waals surface area (Å²) in [7, 11) is 3.46. The van der Waals surface area contributed by atoms with Crippen LogP contribution in [0.5, 0.6) is 5.75 Å². The van der Waals surface area contributed by atoms with Gasteiger partial charge in [0.2, 0.25) is 0 Å². The molecular weight excluding hydrogens is 393 g/mol. The van der Waals surface area contributed by atoms with Gasteiger partial charge in [0.1, 0.15) is 5.75 Å². The number of hydrogen-bond acceptors (Lipinski definition) is 3. The van der Waals surface area contributed by atoms with Gasteiger partial charge in [-0.3, -0.25) is 4.99 Å². The number of hydrogen-bond donors (Lipinski definition) is 2. The molecule has 5 nitrogen and oxygen atoms in total. The zero-order chi connectivity index (χ0) is 15.7. The maximum Gasteiger partial charge on any atom is 0.191 e. The number of ether oxygens (including phenoxy) is 2. The highest BCUT2D eigenvalue weighted by molar-refractivity contribution is 14.0. The predicted octanol–water partition coefficient (Wildman–Crippen LogP) is 2.79. The molecule has 0 bridgehead atoms. The van der Waals surface area contributed by atoms with Gasteiger partial charge in [-0.1, -0.05) is 12.1 Å². The fourth-order valence-electron chi connectivity index (χ4n) is 1.69. The Labute approximate surface area is 150 Å². The van der Waals surface area contributed by atoms with Gasteiger partial charge in [-0.25, -0.2) is 0 Å². The SMILES string of the molecule is CCOc1cccc(CNC(=NC)NCC(C)(C)OC)c1.I. The van der Waals surface area contributed by atoms with E-state index >= 15 is 0 Å². The summed E-state index contributed by atoms with van der Waals surface area (Å²) < 4.78 is 10.9. The second kappa shape index (κ2) is 10.7. The lowest BCUT2D eigenvalue weighted by molar-refractivity contribution is 0.0268. The van der Waals surface area contributed by atoms with Crippen LogP contribution in [0.15, 0.2) is 29.3 Å². The van der Waals surface area contributed by atoms with Crippen LogP contribution in [-0.2, 0) is 11.3 Å². The van der Waals surface area contributed by atoms with E-state index < -0.39 is 0 Å².